The Bertz CT molecular complexity index is 577. The van der Waals surface area contributed by atoms with Gasteiger partial charge in [-0.25, -0.2) is 4.68 Å². The summed E-state index contributed by atoms with van der Waals surface area (Å²) in [5, 5.41) is 7.94. The van der Waals surface area contributed by atoms with Crippen molar-refractivity contribution in [3.8, 4) is 5.75 Å². The Morgan fingerprint density at radius 1 is 1.42 bits per heavy atom. The number of rotatable bonds is 3. The zero-order chi connectivity index (χ0) is 13.2. The minimum absolute atomic E-state index is 0.257. The SMILES string of the molecule is CCOc1ccccc1C1CCNc2c(C)cnn21. The third-order valence-corrected chi connectivity index (χ3v) is 3.56. The highest BCUT2D eigenvalue weighted by molar-refractivity contribution is 5.47. The molecule has 1 aromatic carbocycles. The van der Waals surface area contributed by atoms with E-state index in [1.54, 1.807) is 0 Å². The number of benzene rings is 1. The summed E-state index contributed by atoms with van der Waals surface area (Å²) in [6.07, 6.45) is 2.95. The Labute approximate surface area is 113 Å². The number of hydrogen-bond donors (Lipinski definition) is 1. The van der Waals surface area contributed by atoms with Gasteiger partial charge in [-0.15, -0.1) is 0 Å². The lowest BCUT2D eigenvalue weighted by Gasteiger charge is -2.27. The molecule has 4 nitrogen and oxygen atoms in total. The van der Waals surface area contributed by atoms with Crippen molar-refractivity contribution in [2.45, 2.75) is 26.3 Å². The molecule has 0 saturated carbocycles. The van der Waals surface area contributed by atoms with Gasteiger partial charge in [0.1, 0.15) is 11.6 Å². The van der Waals surface area contributed by atoms with Crippen LogP contribution in [0, 0.1) is 6.92 Å². The lowest BCUT2D eigenvalue weighted by atomic mass is 10.0. The van der Waals surface area contributed by atoms with E-state index in [1.165, 1.54) is 11.1 Å². The fourth-order valence-electron chi connectivity index (χ4n) is 2.68. The van der Waals surface area contributed by atoms with Crippen LogP contribution in [0.5, 0.6) is 5.75 Å². The average Bonchev–Trinajstić information content (AvgIpc) is 2.82. The molecule has 1 unspecified atom stereocenters. The summed E-state index contributed by atoms with van der Waals surface area (Å²) in [6.45, 7) is 5.76. The van der Waals surface area contributed by atoms with Gasteiger partial charge in [0.25, 0.3) is 0 Å². The van der Waals surface area contributed by atoms with Gasteiger partial charge in [0.2, 0.25) is 0 Å². The molecule has 1 N–H and O–H groups in total. The van der Waals surface area contributed by atoms with Crippen molar-refractivity contribution in [1.29, 1.82) is 0 Å². The van der Waals surface area contributed by atoms with Crippen molar-refractivity contribution in [3.63, 3.8) is 0 Å². The fourth-order valence-corrected chi connectivity index (χ4v) is 2.68. The van der Waals surface area contributed by atoms with Gasteiger partial charge >= 0.3 is 0 Å². The van der Waals surface area contributed by atoms with Crippen molar-refractivity contribution < 1.29 is 4.74 Å². The first-order valence-corrected chi connectivity index (χ1v) is 6.81. The van der Waals surface area contributed by atoms with Gasteiger partial charge in [-0.3, -0.25) is 0 Å². The molecule has 0 radical (unpaired) electrons. The van der Waals surface area contributed by atoms with E-state index in [0.717, 1.165) is 24.5 Å². The van der Waals surface area contributed by atoms with E-state index < -0.39 is 0 Å². The molecule has 2 heterocycles. The van der Waals surface area contributed by atoms with E-state index in [9.17, 15) is 0 Å². The molecule has 1 aliphatic rings. The van der Waals surface area contributed by atoms with E-state index in [2.05, 4.69) is 34.2 Å². The van der Waals surface area contributed by atoms with Gasteiger partial charge in [-0.2, -0.15) is 5.10 Å². The number of aromatic nitrogens is 2. The maximum Gasteiger partial charge on any atom is 0.127 e. The van der Waals surface area contributed by atoms with Gasteiger partial charge in [-0.1, -0.05) is 18.2 Å². The molecular weight excluding hydrogens is 238 g/mol. The van der Waals surface area contributed by atoms with E-state index in [1.807, 2.05) is 25.3 Å². The highest BCUT2D eigenvalue weighted by Gasteiger charge is 2.25. The number of nitrogens with one attached hydrogen (secondary N) is 1. The van der Waals surface area contributed by atoms with E-state index in [4.69, 9.17) is 4.74 Å². The zero-order valence-corrected chi connectivity index (χ0v) is 11.4. The van der Waals surface area contributed by atoms with Crippen LogP contribution in [0.2, 0.25) is 0 Å². The van der Waals surface area contributed by atoms with Crippen molar-refractivity contribution in [3.05, 3.63) is 41.6 Å². The molecule has 1 atom stereocenters. The second-order valence-corrected chi connectivity index (χ2v) is 4.82. The largest absolute Gasteiger partial charge is 0.494 e. The average molecular weight is 257 g/mol. The van der Waals surface area contributed by atoms with Crippen molar-refractivity contribution in [2.75, 3.05) is 18.5 Å². The quantitative estimate of drug-likeness (QED) is 0.918. The molecule has 0 spiro atoms. The third-order valence-electron chi connectivity index (χ3n) is 3.56. The molecule has 4 heteroatoms. The summed E-state index contributed by atoms with van der Waals surface area (Å²) in [7, 11) is 0. The molecular formula is C15H19N3O. The van der Waals surface area contributed by atoms with Gasteiger partial charge in [-0.05, 0) is 26.3 Å². The maximum atomic E-state index is 5.75. The number of fused-ring (bicyclic) bond motifs is 1. The number of anilines is 1. The summed E-state index contributed by atoms with van der Waals surface area (Å²) in [5.74, 6) is 2.10. The molecule has 0 saturated heterocycles. The second kappa shape index (κ2) is 4.96. The molecule has 0 aliphatic carbocycles. The van der Waals surface area contributed by atoms with Crippen molar-refractivity contribution in [2.24, 2.45) is 0 Å². The second-order valence-electron chi connectivity index (χ2n) is 4.82. The van der Waals surface area contributed by atoms with E-state index in [-0.39, 0.29) is 6.04 Å². The normalized spacial score (nSPS) is 17.7. The molecule has 1 aliphatic heterocycles. The van der Waals surface area contributed by atoms with Crippen LogP contribution in [-0.2, 0) is 0 Å². The molecule has 19 heavy (non-hydrogen) atoms. The summed E-state index contributed by atoms with van der Waals surface area (Å²) < 4.78 is 7.83. The fraction of sp³-hybridized carbons (Fsp3) is 0.400. The van der Waals surface area contributed by atoms with E-state index in [0.29, 0.717) is 6.61 Å². The van der Waals surface area contributed by atoms with Gasteiger partial charge in [0.15, 0.2) is 0 Å². The topological polar surface area (TPSA) is 39.1 Å². The summed E-state index contributed by atoms with van der Waals surface area (Å²) >= 11 is 0. The molecule has 3 rings (SSSR count). The molecule has 100 valence electrons. The Balaban J connectivity index is 2.04. The summed E-state index contributed by atoms with van der Waals surface area (Å²) in [6, 6.07) is 8.52. The first-order valence-electron chi connectivity index (χ1n) is 6.81. The molecule has 0 bridgehead atoms. The predicted octanol–water partition coefficient (Wildman–Crippen LogP) is 3.00. The highest BCUT2D eigenvalue weighted by Crippen LogP contribution is 2.35. The van der Waals surface area contributed by atoms with Crippen LogP contribution in [-0.4, -0.2) is 22.9 Å². The number of para-hydroxylation sites is 1. The maximum absolute atomic E-state index is 5.75. The lowest BCUT2D eigenvalue weighted by Crippen LogP contribution is -2.25. The lowest BCUT2D eigenvalue weighted by molar-refractivity contribution is 0.328. The minimum atomic E-state index is 0.257. The Hall–Kier alpha value is -1.97. The standard InChI is InChI=1S/C15H19N3O/c1-3-19-14-7-5-4-6-12(14)13-8-9-16-15-11(2)10-17-18(13)15/h4-7,10,13,16H,3,8-9H2,1-2H3. The Kier molecular flexibility index (Phi) is 3.15. The van der Waals surface area contributed by atoms with E-state index >= 15 is 0 Å². The monoisotopic (exact) mass is 257 g/mol. The first kappa shape index (κ1) is 12.1. The van der Waals surface area contributed by atoms with Crippen LogP contribution < -0.4 is 10.1 Å². The predicted molar refractivity (Wildman–Crippen MR) is 75.8 cm³/mol. The zero-order valence-electron chi connectivity index (χ0n) is 11.4. The smallest absolute Gasteiger partial charge is 0.127 e. The van der Waals surface area contributed by atoms with Crippen molar-refractivity contribution >= 4 is 5.82 Å². The summed E-state index contributed by atoms with van der Waals surface area (Å²) in [4.78, 5) is 0. The molecule has 0 fully saturated rings. The van der Waals surface area contributed by atoms with Crippen LogP contribution in [0.1, 0.15) is 30.5 Å². The molecule has 1 aromatic heterocycles. The number of hydrogen-bond acceptors (Lipinski definition) is 3. The Morgan fingerprint density at radius 3 is 3.11 bits per heavy atom. The highest BCUT2D eigenvalue weighted by atomic mass is 16.5. The van der Waals surface area contributed by atoms with Crippen LogP contribution in [0.15, 0.2) is 30.5 Å². The number of ether oxygens (including phenoxy) is 1. The molecule has 0 amide bonds. The van der Waals surface area contributed by atoms with Crippen LogP contribution in [0.25, 0.3) is 0 Å². The van der Waals surface area contributed by atoms with Crippen LogP contribution >= 0.6 is 0 Å². The van der Waals surface area contributed by atoms with Crippen LogP contribution in [0.4, 0.5) is 5.82 Å². The van der Waals surface area contributed by atoms with Gasteiger partial charge < -0.3 is 10.1 Å². The van der Waals surface area contributed by atoms with Crippen molar-refractivity contribution in [1.82, 2.24) is 9.78 Å². The number of nitrogens with zero attached hydrogens (tertiary/aromatic N) is 2. The van der Waals surface area contributed by atoms with Crippen LogP contribution in [0.3, 0.4) is 0 Å². The third kappa shape index (κ3) is 2.07. The summed E-state index contributed by atoms with van der Waals surface area (Å²) in [5.41, 5.74) is 2.41. The minimum Gasteiger partial charge on any atom is -0.494 e. The van der Waals surface area contributed by atoms with Gasteiger partial charge in [0, 0.05) is 17.7 Å². The molecule has 2 aromatic rings. The first-order chi connectivity index (χ1) is 9.31. The van der Waals surface area contributed by atoms with Gasteiger partial charge in [0.05, 0.1) is 18.8 Å². The number of aryl methyl sites for hydroxylation is 1. The Morgan fingerprint density at radius 2 is 2.26 bits per heavy atom.